The van der Waals surface area contributed by atoms with E-state index < -0.39 is 12.4 Å². The first-order valence-corrected chi connectivity index (χ1v) is 6.46. The molecule has 90 valence electrons. The number of hydrogen-bond donors (Lipinski definition) is 3. The van der Waals surface area contributed by atoms with Gasteiger partial charge in [-0.15, -0.1) is 0 Å². The Morgan fingerprint density at radius 2 is 2.38 bits per heavy atom. The first kappa shape index (κ1) is 10.3. The minimum absolute atomic E-state index is 0.103. The van der Waals surface area contributed by atoms with Gasteiger partial charge in [0, 0.05) is 18.8 Å². The van der Waals surface area contributed by atoms with E-state index in [4.69, 9.17) is 6.48 Å². The predicted octanol–water partition coefficient (Wildman–Crippen LogP) is 0.797. The molecule has 2 heterocycles. The summed E-state index contributed by atoms with van der Waals surface area (Å²) in [5.41, 5.74) is 0. The van der Waals surface area contributed by atoms with Crippen molar-refractivity contribution in [2.75, 3.05) is 5.75 Å². The summed E-state index contributed by atoms with van der Waals surface area (Å²) in [6.07, 6.45) is 0.937. The smallest absolute Gasteiger partial charge is 0.315 e. The van der Waals surface area contributed by atoms with Crippen LogP contribution in [0.3, 0.4) is 0 Å². The maximum Gasteiger partial charge on any atom is 0.315 e. The average Bonchev–Trinajstić information content (AvgIpc) is 2.78. The lowest BCUT2D eigenvalue weighted by Gasteiger charge is -2.16. The van der Waals surface area contributed by atoms with E-state index in [0.29, 0.717) is 11.7 Å². The van der Waals surface area contributed by atoms with Crippen molar-refractivity contribution in [1.82, 2.24) is 10.6 Å². The van der Waals surface area contributed by atoms with Crippen LogP contribution in [0.15, 0.2) is 0 Å². The minimum Gasteiger partial charge on any atom is -0.481 e. The van der Waals surface area contributed by atoms with Crippen LogP contribution < -0.4 is 10.6 Å². The fraction of sp³-hybridized carbons (Fsp3) is 0.800. The second kappa shape index (κ2) is 4.95. The fourth-order valence-corrected chi connectivity index (χ4v) is 3.73. The third-order valence-corrected chi connectivity index (χ3v) is 4.46. The van der Waals surface area contributed by atoms with Gasteiger partial charge in [-0.25, -0.2) is 4.79 Å². The van der Waals surface area contributed by atoms with Crippen LogP contribution in [0.4, 0.5) is 4.79 Å². The number of aliphatic carboxylic acids is 1. The summed E-state index contributed by atoms with van der Waals surface area (Å²) < 4.78 is 7.29. The molecule has 0 aliphatic carbocycles. The number of carbonyl (C=O) groups is 2. The molecule has 3 N–H and O–H groups in total. The maximum absolute atomic E-state index is 11.1. The van der Waals surface area contributed by atoms with Crippen LogP contribution in [0.2, 0.25) is 0 Å². The van der Waals surface area contributed by atoms with E-state index >= 15 is 0 Å². The van der Waals surface area contributed by atoms with Gasteiger partial charge >= 0.3 is 12.0 Å². The lowest BCUT2D eigenvalue weighted by molar-refractivity contribution is -0.137. The van der Waals surface area contributed by atoms with Gasteiger partial charge < -0.3 is 15.7 Å². The third-order valence-electron chi connectivity index (χ3n) is 2.95. The van der Waals surface area contributed by atoms with Gasteiger partial charge in [0.1, 0.15) is 0 Å². The molecular weight excluding hydrogens is 228 g/mol. The highest BCUT2D eigenvalue weighted by Crippen LogP contribution is 2.33. The Labute approximate surface area is 99.8 Å². The van der Waals surface area contributed by atoms with Crippen LogP contribution in [-0.2, 0) is 4.79 Å². The summed E-state index contributed by atoms with van der Waals surface area (Å²) in [5.74, 6) is -0.144. The molecule has 2 amide bonds. The largest absolute Gasteiger partial charge is 0.481 e. The Morgan fingerprint density at radius 3 is 3.12 bits per heavy atom. The van der Waals surface area contributed by atoms with E-state index in [0.717, 1.165) is 18.6 Å². The normalized spacial score (nSPS) is 34.9. The van der Waals surface area contributed by atoms with Crippen LogP contribution in [0.1, 0.15) is 27.0 Å². The molecular formula is C10H16N2O3S. The number of carbonyl (C=O) groups excluding carboxylic acids is 1. The van der Waals surface area contributed by atoms with Crippen molar-refractivity contribution in [3.05, 3.63) is 0 Å². The monoisotopic (exact) mass is 246 g/mol. The molecule has 0 bridgehead atoms. The number of rotatable bonds is 5. The molecule has 4 atom stereocenters. The van der Waals surface area contributed by atoms with E-state index in [2.05, 4.69) is 10.6 Å². The summed E-state index contributed by atoms with van der Waals surface area (Å²) in [6.45, 7) is 0. The average molecular weight is 246 g/mol. The van der Waals surface area contributed by atoms with Gasteiger partial charge in [0.05, 0.1) is 12.1 Å². The highest BCUT2D eigenvalue weighted by atomic mass is 32.2. The van der Waals surface area contributed by atoms with E-state index in [9.17, 15) is 9.59 Å². The van der Waals surface area contributed by atoms with Gasteiger partial charge in [0.15, 0.2) is 0 Å². The zero-order valence-electron chi connectivity index (χ0n) is 9.81. The molecule has 1 unspecified atom stereocenters. The van der Waals surface area contributed by atoms with Gasteiger partial charge in [0.2, 0.25) is 0 Å². The summed E-state index contributed by atoms with van der Waals surface area (Å²) >= 11 is 1.81. The Bertz CT molecular complexity index is 329. The molecule has 0 spiro atoms. The van der Waals surface area contributed by atoms with Crippen LogP contribution in [-0.4, -0.2) is 40.2 Å². The van der Waals surface area contributed by atoms with Crippen molar-refractivity contribution in [3.8, 4) is 0 Å². The quantitative estimate of drug-likeness (QED) is 0.627. The molecule has 0 aromatic carbocycles. The highest BCUT2D eigenvalue weighted by Gasteiger charge is 2.42. The lowest BCUT2D eigenvalue weighted by atomic mass is 10.0. The van der Waals surface area contributed by atoms with Gasteiger partial charge in [-0.1, -0.05) is 6.42 Å². The number of fused-ring (bicyclic) bond motifs is 1. The van der Waals surface area contributed by atoms with Crippen LogP contribution in [0, 0.1) is 0 Å². The topological polar surface area (TPSA) is 78.4 Å². The highest BCUT2D eigenvalue weighted by molar-refractivity contribution is 8.00. The first-order valence-electron chi connectivity index (χ1n) is 5.99. The zero-order chi connectivity index (χ0) is 12.4. The minimum atomic E-state index is -1.06. The van der Waals surface area contributed by atoms with Crippen LogP contribution in [0.5, 0.6) is 0 Å². The summed E-state index contributed by atoms with van der Waals surface area (Å²) in [5, 5.41) is 14.7. The SMILES string of the molecule is [3H]C(CCC[C@@H]1SC[C@@H]2NC(=O)N[C@@H]21)C(=O)O. The number of nitrogens with one attached hydrogen (secondary N) is 2. The number of hydrogen-bond acceptors (Lipinski definition) is 3. The third kappa shape index (κ3) is 2.61. The molecule has 0 saturated carbocycles. The number of carboxylic acid groups (broad SMARTS) is 1. The number of thioether (sulfide) groups is 1. The second-order valence-corrected chi connectivity index (χ2v) is 5.37. The van der Waals surface area contributed by atoms with E-state index in [1.54, 1.807) is 0 Å². The fourth-order valence-electron chi connectivity index (χ4n) is 2.19. The van der Waals surface area contributed by atoms with Crippen LogP contribution >= 0.6 is 11.8 Å². The molecule has 5 nitrogen and oxygen atoms in total. The summed E-state index contributed by atoms with van der Waals surface area (Å²) in [6, 6.07) is 0.277. The van der Waals surface area contributed by atoms with E-state index in [-0.39, 0.29) is 18.1 Å². The predicted molar refractivity (Wildman–Crippen MR) is 61.6 cm³/mol. The molecule has 2 rings (SSSR count). The van der Waals surface area contributed by atoms with Crippen molar-refractivity contribution >= 4 is 23.8 Å². The Balaban J connectivity index is 1.73. The van der Waals surface area contributed by atoms with Crippen molar-refractivity contribution in [3.63, 3.8) is 0 Å². The Hall–Kier alpha value is -0.910. The van der Waals surface area contributed by atoms with E-state index in [1.807, 2.05) is 11.8 Å². The number of carboxylic acids is 1. The van der Waals surface area contributed by atoms with Gasteiger partial charge in [-0.3, -0.25) is 4.79 Å². The molecule has 2 fully saturated rings. The lowest BCUT2D eigenvalue weighted by Crippen LogP contribution is -2.36. The molecule has 16 heavy (non-hydrogen) atoms. The molecule has 2 saturated heterocycles. The van der Waals surface area contributed by atoms with Crippen molar-refractivity contribution in [2.24, 2.45) is 0 Å². The van der Waals surface area contributed by atoms with Crippen molar-refractivity contribution < 1.29 is 16.1 Å². The van der Waals surface area contributed by atoms with Crippen molar-refractivity contribution in [1.29, 1.82) is 0 Å². The second-order valence-electron chi connectivity index (χ2n) is 4.10. The number of urea groups is 1. The molecule has 2 aliphatic heterocycles. The first-order chi connectivity index (χ1) is 8.08. The number of amides is 2. The summed E-state index contributed by atoms with van der Waals surface area (Å²) in [7, 11) is 0. The molecule has 0 aromatic heterocycles. The zero-order valence-corrected chi connectivity index (χ0v) is 9.63. The van der Waals surface area contributed by atoms with E-state index in [1.165, 1.54) is 0 Å². The Kier molecular flexibility index (Phi) is 3.17. The van der Waals surface area contributed by atoms with Crippen LogP contribution in [0.25, 0.3) is 0 Å². The molecule has 0 aromatic rings. The molecule has 2 aliphatic rings. The molecule has 0 radical (unpaired) electrons. The standard InChI is InChI=1S/C10H16N2O3S/c13-8(14)4-2-1-3-7-9-6(5-16-7)11-10(15)12-9/h6-7,9H,1-5H2,(H,13,14)(H2,11,12,15)/t6-,7-,9-/m0/s1/i4T/t4?,6-,7-,9-. The maximum atomic E-state index is 11.1. The Morgan fingerprint density at radius 1 is 1.56 bits per heavy atom. The van der Waals surface area contributed by atoms with Gasteiger partial charge in [0.25, 0.3) is 0 Å². The van der Waals surface area contributed by atoms with Gasteiger partial charge in [-0.2, -0.15) is 11.8 Å². The summed E-state index contributed by atoms with van der Waals surface area (Å²) in [4.78, 5) is 21.6. The van der Waals surface area contributed by atoms with Crippen molar-refractivity contribution in [2.45, 2.75) is 43.0 Å². The van der Waals surface area contributed by atoms with Gasteiger partial charge in [-0.05, 0) is 12.8 Å². The molecule has 6 heteroatoms.